The van der Waals surface area contributed by atoms with Crippen LogP contribution in [0.4, 0.5) is 0 Å². The first-order chi connectivity index (χ1) is 8.09. The van der Waals surface area contributed by atoms with Crippen LogP contribution in [0.1, 0.15) is 27.4 Å². The van der Waals surface area contributed by atoms with Gasteiger partial charge in [-0.15, -0.1) is 0 Å². The number of nitrogens with zero attached hydrogens (tertiary/aromatic N) is 2. The first kappa shape index (κ1) is 11.4. The Balaban J connectivity index is 2.13. The van der Waals surface area contributed by atoms with Gasteiger partial charge in [0.25, 0.3) is 0 Å². The van der Waals surface area contributed by atoms with E-state index in [1.807, 2.05) is 0 Å². The Hall–Kier alpha value is -2.10. The van der Waals surface area contributed by atoms with E-state index >= 15 is 0 Å². The van der Waals surface area contributed by atoms with E-state index in [0.29, 0.717) is 11.4 Å². The molecule has 2 heterocycles. The minimum Gasteiger partial charge on any atom is -0.348 e. The SMILES string of the molecule is Cn1cccc1C(=O)CC(=O)c1cccn1C. The third-order valence-electron chi connectivity index (χ3n) is 2.78. The molecule has 0 amide bonds. The third-order valence-corrected chi connectivity index (χ3v) is 2.78. The molecule has 4 heteroatoms. The molecule has 0 saturated carbocycles. The van der Waals surface area contributed by atoms with Crippen molar-refractivity contribution in [3.8, 4) is 0 Å². The number of ketones is 2. The summed E-state index contributed by atoms with van der Waals surface area (Å²) in [5, 5.41) is 0. The van der Waals surface area contributed by atoms with Crippen molar-refractivity contribution < 1.29 is 9.59 Å². The van der Waals surface area contributed by atoms with Gasteiger partial charge in [0, 0.05) is 26.5 Å². The lowest BCUT2D eigenvalue weighted by molar-refractivity contribution is 0.0885. The summed E-state index contributed by atoms with van der Waals surface area (Å²) in [6, 6.07) is 7.03. The second-order valence-electron chi connectivity index (χ2n) is 4.03. The van der Waals surface area contributed by atoms with Gasteiger partial charge in [-0.2, -0.15) is 0 Å². The van der Waals surface area contributed by atoms with Gasteiger partial charge in [0.1, 0.15) is 0 Å². The van der Waals surface area contributed by atoms with Gasteiger partial charge < -0.3 is 9.13 Å². The van der Waals surface area contributed by atoms with Crippen molar-refractivity contribution in [2.45, 2.75) is 6.42 Å². The van der Waals surface area contributed by atoms with E-state index in [1.165, 1.54) is 0 Å². The molecule has 0 bridgehead atoms. The molecule has 0 fully saturated rings. The van der Waals surface area contributed by atoms with Gasteiger partial charge in [-0.1, -0.05) is 0 Å². The minimum absolute atomic E-state index is 0.0876. The second-order valence-corrected chi connectivity index (χ2v) is 4.03. The van der Waals surface area contributed by atoms with Gasteiger partial charge in [-0.05, 0) is 24.3 Å². The predicted octanol–water partition coefficient (Wildman–Crippen LogP) is 1.82. The molecule has 0 unspecified atom stereocenters. The number of carbonyl (C=O) groups is 2. The van der Waals surface area contributed by atoms with E-state index in [2.05, 4.69) is 0 Å². The standard InChI is InChI=1S/C13H14N2O2/c1-14-7-3-5-10(14)12(16)9-13(17)11-6-4-8-15(11)2/h3-8H,9H2,1-2H3. The van der Waals surface area contributed by atoms with Crippen LogP contribution in [-0.4, -0.2) is 20.7 Å². The van der Waals surface area contributed by atoms with E-state index in [1.54, 1.807) is 59.9 Å². The van der Waals surface area contributed by atoms with Crippen LogP contribution in [0.2, 0.25) is 0 Å². The molecular weight excluding hydrogens is 216 g/mol. The summed E-state index contributed by atoms with van der Waals surface area (Å²) in [6.07, 6.45) is 3.50. The summed E-state index contributed by atoms with van der Waals surface area (Å²) in [6.45, 7) is 0. The number of aryl methyl sites for hydroxylation is 2. The van der Waals surface area contributed by atoms with Gasteiger partial charge >= 0.3 is 0 Å². The summed E-state index contributed by atoms with van der Waals surface area (Å²) < 4.78 is 3.45. The Morgan fingerprint density at radius 2 is 1.35 bits per heavy atom. The largest absolute Gasteiger partial charge is 0.348 e. The fraction of sp³-hybridized carbons (Fsp3) is 0.231. The number of Topliss-reactive ketones (excluding diaryl/α,β-unsaturated/α-hetero) is 2. The lowest BCUT2D eigenvalue weighted by Crippen LogP contribution is -2.13. The third kappa shape index (κ3) is 2.20. The molecule has 2 rings (SSSR count). The van der Waals surface area contributed by atoms with Crippen molar-refractivity contribution in [2.24, 2.45) is 14.1 Å². The molecule has 0 aliphatic carbocycles. The van der Waals surface area contributed by atoms with Crippen molar-refractivity contribution in [3.05, 3.63) is 48.0 Å². The molecule has 0 saturated heterocycles. The average molecular weight is 230 g/mol. The lowest BCUT2D eigenvalue weighted by atomic mass is 10.1. The highest BCUT2D eigenvalue weighted by molar-refractivity contribution is 6.12. The van der Waals surface area contributed by atoms with Crippen LogP contribution >= 0.6 is 0 Å². The molecule has 0 radical (unpaired) electrons. The lowest BCUT2D eigenvalue weighted by Gasteiger charge is -2.03. The van der Waals surface area contributed by atoms with Crippen molar-refractivity contribution >= 4 is 11.6 Å². The van der Waals surface area contributed by atoms with Crippen molar-refractivity contribution in [1.82, 2.24) is 9.13 Å². The zero-order valence-electron chi connectivity index (χ0n) is 9.88. The molecule has 0 N–H and O–H groups in total. The first-order valence-electron chi connectivity index (χ1n) is 5.38. The monoisotopic (exact) mass is 230 g/mol. The number of carbonyl (C=O) groups excluding carboxylic acids is 2. The molecule has 0 aliphatic rings. The molecular formula is C13H14N2O2. The molecule has 0 spiro atoms. The van der Waals surface area contributed by atoms with Crippen LogP contribution in [0.15, 0.2) is 36.7 Å². The molecule has 88 valence electrons. The quantitative estimate of drug-likeness (QED) is 0.594. The van der Waals surface area contributed by atoms with E-state index in [4.69, 9.17) is 0 Å². The molecule has 2 aromatic heterocycles. The fourth-order valence-corrected chi connectivity index (χ4v) is 1.83. The zero-order valence-corrected chi connectivity index (χ0v) is 9.88. The van der Waals surface area contributed by atoms with Gasteiger partial charge in [0.05, 0.1) is 17.8 Å². The van der Waals surface area contributed by atoms with Crippen LogP contribution in [-0.2, 0) is 14.1 Å². The minimum atomic E-state index is -0.149. The van der Waals surface area contributed by atoms with Crippen molar-refractivity contribution in [2.75, 3.05) is 0 Å². The molecule has 17 heavy (non-hydrogen) atoms. The Morgan fingerprint density at radius 1 is 0.941 bits per heavy atom. The van der Waals surface area contributed by atoms with Crippen LogP contribution in [0, 0.1) is 0 Å². The topological polar surface area (TPSA) is 44.0 Å². The maximum absolute atomic E-state index is 11.9. The highest BCUT2D eigenvalue weighted by Crippen LogP contribution is 2.09. The fourth-order valence-electron chi connectivity index (χ4n) is 1.83. The smallest absolute Gasteiger partial charge is 0.186 e. The molecule has 4 nitrogen and oxygen atoms in total. The summed E-state index contributed by atoms with van der Waals surface area (Å²) in [5.74, 6) is -0.299. The van der Waals surface area contributed by atoms with E-state index in [-0.39, 0.29) is 18.0 Å². The summed E-state index contributed by atoms with van der Waals surface area (Å²) in [4.78, 5) is 23.8. The van der Waals surface area contributed by atoms with E-state index in [9.17, 15) is 9.59 Å². The van der Waals surface area contributed by atoms with Crippen LogP contribution in [0.3, 0.4) is 0 Å². The number of aromatic nitrogens is 2. The van der Waals surface area contributed by atoms with Gasteiger partial charge in [0.2, 0.25) is 0 Å². The Labute approximate surface area is 99.5 Å². The first-order valence-corrected chi connectivity index (χ1v) is 5.38. The van der Waals surface area contributed by atoms with E-state index < -0.39 is 0 Å². The van der Waals surface area contributed by atoms with Crippen LogP contribution < -0.4 is 0 Å². The molecule has 0 aliphatic heterocycles. The highest BCUT2D eigenvalue weighted by atomic mass is 16.1. The van der Waals surface area contributed by atoms with Crippen molar-refractivity contribution in [1.29, 1.82) is 0 Å². The number of rotatable bonds is 4. The maximum Gasteiger partial charge on any atom is 0.186 e. The summed E-state index contributed by atoms with van der Waals surface area (Å²) >= 11 is 0. The van der Waals surface area contributed by atoms with E-state index in [0.717, 1.165) is 0 Å². The predicted molar refractivity (Wildman–Crippen MR) is 64.1 cm³/mol. The second kappa shape index (κ2) is 4.41. The van der Waals surface area contributed by atoms with Gasteiger partial charge in [0.15, 0.2) is 11.6 Å². The molecule has 0 atom stereocenters. The van der Waals surface area contributed by atoms with Crippen LogP contribution in [0.25, 0.3) is 0 Å². The number of hydrogen-bond acceptors (Lipinski definition) is 2. The average Bonchev–Trinajstić information content (AvgIpc) is 2.86. The maximum atomic E-state index is 11.9. The normalized spacial score (nSPS) is 10.5. The molecule has 2 aromatic rings. The van der Waals surface area contributed by atoms with Crippen molar-refractivity contribution in [3.63, 3.8) is 0 Å². The molecule has 0 aromatic carbocycles. The summed E-state index contributed by atoms with van der Waals surface area (Å²) in [7, 11) is 3.58. The Kier molecular flexibility index (Phi) is 2.95. The van der Waals surface area contributed by atoms with Gasteiger partial charge in [-0.3, -0.25) is 9.59 Å². The zero-order chi connectivity index (χ0) is 12.4. The summed E-state index contributed by atoms with van der Waals surface area (Å²) in [5.41, 5.74) is 1.13. The Morgan fingerprint density at radius 3 is 1.65 bits per heavy atom. The Bertz CT molecular complexity index is 513. The number of hydrogen-bond donors (Lipinski definition) is 0. The van der Waals surface area contributed by atoms with Crippen LogP contribution in [0.5, 0.6) is 0 Å². The highest BCUT2D eigenvalue weighted by Gasteiger charge is 2.16. The van der Waals surface area contributed by atoms with Gasteiger partial charge in [-0.25, -0.2) is 0 Å².